The SMILES string of the molecule is Nc1ccc(OC2c3ccccc3-c3ccccc32)cc1. The predicted molar refractivity (Wildman–Crippen MR) is 85.2 cm³/mol. The Morgan fingerprint density at radius 3 is 1.76 bits per heavy atom. The van der Waals surface area contributed by atoms with E-state index < -0.39 is 0 Å². The van der Waals surface area contributed by atoms with Crippen LogP contribution < -0.4 is 10.5 Å². The molecule has 0 fully saturated rings. The Hall–Kier alpha value is -2.74. The molecule has 3 aromatic rings. The van der Waals surface area contributed by atoms with Gasteiger partial charge >= 0.3 is 0 Å². The van der Waals surface area contributed by atoms with Crippen LogP contribution in [0.25, 0.3) is 11.1 Å². The number of nitrogens with two attached hydrogens (primary N) is 1. The van der Waals surface area contributed by atoms with Crippen LogP contribution in [0.15, 0.2) is 72.8 Å². The van der Waals surface area contributed by atoms with Crippen LogP contribution in [0, 0.1) is 0 Å². The lowest BCUT2D eigenvalue weighted by Gasteiger charge is -2.16. The minimum atomic E-state index is -0.0546. The summed E-state index contributed by atoms with van der Waals surface area (Å²) in [6, 6.07) is 24.4. The van der Waals surface area contributed by atoms with E-state index in [0.717, 1.165) is 11.4 Å². The Bertz CT molecular complexity index is 747. The van der Waals surface area contributed by atoms with Gasteiger partial charge in [0.2, 0.25) is 0 Å². The topological polar surface area (TPSA) is 35.2 Å². The van der Waals surface area contributed by atoms with Gasteiger partial charge in [0.15, 0.2) is 6.10 Å². The minimum absolute atomic E-state index is 0.0546. The molecule has 0 amide bonds. The van der Waals surface area contributed by atoms with Crippen molar-refractivity contribution in [3.05, 3.63) is 83.9 Å². The first kappa shape index (κ1) is 12.0. The van der Waals surface area contributed by atoms with Crippen molar-refractivity contribution < 1.29 is 4.74 Å². The fraction of sp³-hybridized carbons (Fsp3) is 0.0526. The van der Waals surface area contributed by atoms with Crippen molar-refractivity contribution in [2.45, 2.75) is 6.10 Å². The zero-order chi connectivity index (χ0) is 14.2. The van der Waals surface area contributed by atoms with Gasteiger partial charge in [-0.1, -0.05) is 48.5 Å². The number of hydrogen-bond donors (Lipinski definition) is 1. The summed E-state index contributed by atoms with van der Waals surface area (Å²) in [5.74, 6) is 0.834. The van der Waals surface area contributed by atoms with Crippen LogP contribution in [-0.4, -0.2) is 0 Å². The first-order valence-electron chi connectivity index (χ1n) is 7.03. The summed E-state index contributed by atoms with van der Waals surface area (Å²) in [6.07, 6.45) is -0.0546. The smallest absolute Gasteiger partial charge is 0.150 e. The average molecular weight is 273 g/mol. The van der Waals surface area contributed by atoms with Crippen molar-refractivity contribution in [3.63, 3.8) is 0 Å². The van der Waals surface area contributed by atoms with Crippen LogP contribution >= 0.6 is 0 Å². The number of fused-ring (bicyclic) bond motifs is 3. The van der Waals surface area contributed by atoms with Gasteiger partial charge in [0.05, 0.1) is 0 Å². The Morgan fingerprint density at radius 1 is 0.667 bits per heavy atom. The van der Waals surface area contributed by atoms with Gasteiger partial charge in [-0.2, -0.15) is 0 Å². The van der Waals surface area contributed by atoms with Crippen molar-refractivity contribution >= 4 is 5.69 Å². The van der Waals surface area contributed by atoms with E-state index in [-0.39, 0.29) is 6.10 Å². The standard InChI is InChI=1S/C19H15NO/c20-13-9-11-14(12-10-13)21-19-17-7-3-1-5-15(17)16-6-2-4-8-18(16)19/h1-12,19H,20H2. The zero-order valence-electron chi connectivity index (χ0n) is 11.5. The van der Waals surface area contributed by atoms with E-state index >= 15 is 0 Å². The highest BCUT2D eigenvalue weighted by atomic mass is 16.5. The molecule has 2 heteroatoms. The highest BCUT2D eigenvalue weighted by Gasteiger charge is 2.29. The molecule has 1 aliphatic carbocycles. The van der Waals surface area contributed by atoms with Gasteiger partial charge in [-0.25, -0.2) is 0 Å². The molecule has 0 saturated carbocycles. The summed E-state index contributed by atoms with van der Waals surface area (Å²) in [4.78, 5) is 0. The van der Waals surface area contributed by atoms with Crippen LogP contribution in [0.5, 0.6) is 5.75 Å². The van der Waals surface area contributed by atoms with Crippen molar-refractivity contribution in [1.82, 2.24) is 0 Å². The van der Waals surface area contributed by atoms with Gasteiger partial charge in [0, 0.05) is 16.8 Å². The van der Waals surface area contributed by atoms with E-state index in [1.807, 2.05) is 24.3 Å². The number of nitrogen functional groups attached to an aromatic ring is 1. The van der Waals surface area contributed by atoms with Gasteiger partial charge in [-0.15, -0.1) is 0 Å². The molecule has 0 bridgehead atoms. The molecule has 0 heterocycles. The Labute approximate surface area is 123 Å². The van der Waals surface area contributed by atoms with Crippen molar-refractivity contribution in [3.8, 4) is 16.9 Å². The Morgan fingerprint density at radius 2 is 1.19 bits per heavy atom. The number of anilines is 1. The molecule has 0 aliphatic heterocycles. The molecule has 0 atom stereocenters. The molecule has 0 aromatic heterocycles. The van der Waals surface area contributed by atoms with Crippen LogP contribution in [0.1, 0.15) is 17.2 Å². The van der Waals surface area contributed by atoms with Crippen LogP contribution in [0.4, 0.5) is 5.69 Å². The molecule has 3 aromatic carbocycles. The number of benzene rings is 3. The summed E-state index contributed by atoms with van der Waals surface area (Å²) in [5.41, 5.74) is 11.4. The van der Waals surface area contributed by atoms with Gasteiger partial charge in [0.25, 0.3) is 0 Å². The molecule has 0 unspecified atom stereocenters. The summed E-state index contributed by atoms with van der Waals surface area (Å²) >= 11 is 0. The third kappa shape index (κ3) is 1.96. The quantitative estimate of drug-likeness (QED) is 0.701. The fourth-order valence-corrected chi connectivity index (χ4v) is 2.92. The molecule has 0 saturated heterocycles. The number of ether oxygens (including phenoxy) is 1. The van der Waals surface area contributed by atoms with Crippen molar-refractivity contribution in [2.75, 3.05) is 5.73 Å². The zero-order valence-corrected chi connectivity index (χ0v) is 11.5. The van der Waals surface area contributed by atoms with Gasteiger partial charge in [-0.3, -0.25) is 0 Å². The molecule has 4 rings (SSSR count). The maximum atomic E-state index is 6.23. The molecule has 2 N–H and O–H groups in total. The Balaban J connectivity index is 1.79. The highest BCUT2D eigenvalue weighted by molar-refractivity contribution is 5.78. The largest absolute Gasteiger partial charge is 0.481 e. The fourth-order valence-electron chi connectivity index (χ4n) is 2.92. The third-order valence-electron chi connectivity index (χ3n) is 3.91. The van der Waals surface area contributed by atoms with E-state index in [9.17, 15) is 0 Å². The maximum Gasteiger partial charge on any atom is 0.150 e. The van der Waals surface area contributed by atoms with Gasteiger partial charge in [0.1, 0.15) is 5.75 Å². The summed E-state index contributed by atoms with van der Waals surface area (Å²) in [5, 5.41) is 0. The average Bonchev–Trinajstić information content (AvgIpc) is 2.85. The molecule has 0 radical (unpaired) electrons. The lowest BCUT2D eigenvalue weighted by Crippen LogP contribution is -2.05. The molecular formula is C19H15NO. The molecule has 21 heavy (non-hydrogen) atoms. The van der Waals surface area contributed by atoms with Gasteiger partial charge < -0.3 is 10.5 Å². The summed E-state index contributed by atoms with van der Waals surface area (Å²) in [7, 11) is 0. The molecule has 0 spiro atoms. The van der Waals surface area contributed by atoms with E-state index in [4.69, 9.17) is 10.5 Å². The first-order chi connectivity index (χ1) is 10.3. The van der Waals surface area contributed by atoms with Crippen molar-refractivity contribution in [2.24, 2.45) is 0 Å². The van der Waals surface area contributed by atoms with E-state index in [0.29, 0.717) is 0 Å². The highest BCUT2D eigenvalue weighted by Crippen LogP contribution is 2.45. The van der Waals surface area contributed by atoms with Crippen LogP contribution in [0.2, 0.25) is 0 Å². The number of hydrogen-bond acceptors (Lipinski definition) is 2. The second kappa shape index (κ2) is 4.67. The van der Waals surface area contributed by atoms with Gasteiger partial charge in [-0.05, 0) is 35.4 Å². The lowest BCUT2D eigenvalue weighted by atomic mass is 10.1. The molecule has 2 nitrogen and oxygen atoms in total. The maximum absolute atomic E-state index is 6.23. The molecule has 1 aliphatic rings. The second-order valence-corrected chi connectivity index (χ2v) is 5.24. The van der Waals surface area contributed by atoms with E-state index in [2.05, 4.69) is 48.5 Å². The minimum Gasteiger partial charge on any atom is -0.481 e. The normalized spacial score (nSPS) is 12.8. The second-order valence-electron chi connectivity index (χ2n) is 5.24. The van der Waals surface area contributed by atoms with E-state index in [1.165, 1.54) is 22.3 Å². The first-order valence-corrected chi connectivity index (χ1v) is 7.03. The summed E-state index contributed by atoms with van der Waals surface area (Å²) < 4.78 is 6.23. The molecule has 102 valence electrons. The van der Waals surface area contributed by atoms with Crippen molar-refractivity contribution in [1.29, 1.82) is 0 Å². The summed E-state index contributed by atoms with van der Waals surface area (Å²) in [6.45, 7) is 0. The van der Waals surface area contributed by atoms with Crippen LogP contribution in [0.3, 0.4) is 0 Å². The van der Waals surface area contributed by atoms with E-state index in [1.54, 1.807) is 0 Å². The Kier molecular flexibility index (Phi) is 2.68. The molecular weight excluding hydrogens is 258 g/mol. The number of rotatable bonds is 2. The lowest BCUT2D eigenvalue weighted by molar-refractivity contribution is 0.252. The van der Waals surface area contributed by atoms with Crippen LogP contribution in [-0.2, 0) is 0 Å². The predicted octanol–water partition coefficient (Wildman–Crippen LogP) is 4.42. The third-order valence-corrected chi connectivity index (χ3v) is 3.91. The monoisotopic (exact) mass is 273 g/mol.